The summed E-state index contributed by atoms with van der Waals surface area (Å²) in [7, 11) is -3.13. The molecule has 2 heterocycles. The van der Waals surface area contributed by atoms with Gasteiger partial charge < -0.3 is 10.2 Å². The van der Waals surface area contributed by atoms with Crippen molar-refractivity contribution in [3.63, 3.8) is 0 Å². The summed E-state index contributed by atoms with van der Waals surface area (Å²) in [6.45, 7) is 4.66. The van der Waals surface area contributed by atoms with E-state index in [1.165, 1.54) is 4.31 Å². The Bertz CT molecular complexity index is 424. The molecule has 116 valence electrons. The lowest BCUT2D eigenvalue weighted by molar-refractivity contribution is -0.135. The van der Waals surface area contributed by atoms with Crippen LogP contribution in [0.4, 0.5) is 0 Å². The van der Waals surface area contributed by atoms with Crippen molar-refractivity contribution < 1.29 is 13.2 Å². The van der Waals surface area contributed by atoms with Gasteiger partial charge >= 0.3 is 0 Å². The molecule has 0 bridgehead atoms. The highest BCUT2D eigenvalue weighted by atomic mass is 32.2. The number of piperazine rings is 1. The van der Waals surface area contributed by atoms with Gasteiger partial charge in [0.2, 0.25) is 15.9 Å². The smallest absolute Gasteiger partial charge is 0.239 e. The third-order valence-electron chi connectivity index (χ3n) is 4.01. The predicted octanol–water partition coefficient (Wildman–Crippen LogP) is 0.0125. The summed E-state index contributed by atoms with van der Waals surface area (Å²) < 4.78 is 25.5. The highest BCUT2D eigenvalue weighted by Crippen LogP contribution is 2.13. The highest BCUT2D eigenvalue weighted by molar-refractivity contribution is 7.89. The van der Waals surface area contributed by atoms with Gasteiger partial charge in [-0.1, -0.05) is 13.3 Å². The molecule has 0 aromatic rings. The lowest BCUT2D eigenvalue weighted by atomic mass is 10.0. The molecule has 2 fully saturated rings. The van der Waals surface area contributed by atoms with E-state index in [0.29, 0.717) is 32.6 Å². The van der Waals surface area contributed by atoms with E-state index in [1.807, 2.05) is 6.92 Å². The second-order valence-electron chi connectivity index (χ2n) is 5.54. The van der Waals surface area contributed by atoms with Crippen LogP contribution >= 0.6 is 0 Å². The number of sulfonamides is 1. The van der Waals surface area contributed by atoms with E-state index in [0.717, 1.165) is 25.8 Å². The van der Waals surface area contributed by atoms with Crippen molar-refractivity contribution in [1.29, 1.82) is 0 Å². The molecule has 0 saturated carbocycles. The van der Waals surface area contributed by atoms with Crippen molar-refractivity contribution in [2.45, 2.75) is 38.6 Å². The molecule has 2 aliphatic heterocycles. The number of nitrogens with one attached hydrogen (secondary N) is 1. The van der Waals surface area contributed by atoms with E-state index in [9.17, 15) is 13.2 Å². The maximum absolute atomic E-state index is 12.3. The van der Waals surface area contributed by atoms with Crippen LogP contribution in [0.5, 0.6) is 0 Å². The Kier molecular flexibility index (Phi) is 5.40. The largest absolute Gasteiger partial charge is 0.339 e. The van der Waals surface area contributed by atoms with Crippen LogP contribution in [-0.2, 0) is 14.8 Å². The van der Waals surface area contributed by atoms with Gasteiger partial charge in [-0.25, -0.2) is 8.42 Å². The summed E-state index contributed by atoms with van der Waals surface area (Å²) in [6.07, 6.45) is 3.75. The minimum Gasteiger partial charge on any atom is -0.339 e. The molecule has 0 spiro atoms. The van der Waals surface area contributed by atoms with Crippen molar-refractivity contribution in [1.82, 2.24) is 14.5 Å². The molecule has 7 heteroatoms. The Morgan fingerprint density at radius 2 is 1.90 bits per heavy atom. The van der Waals surface area contributed by atoms with Crippen LogP contribution in [0.25, 0.3) is 0 Å². The summed E-state index contributed by atoms with van der Waals surface area (Å²) in [4.78, 5) is 14.1. The van der Waals surface area contributed by atoms with Gasteiger partial charge in [0.1, 0.15) is 0 Å². The summed E-state index contributed by atoms with van der Waals surface area (Å²) in [5, 5.41) is 3.25. The van der Waals surface area contributed by atoms with Gasteiger partial charge in [0.25, 0.3) is 0 Å². The minimum absolute atomic E-state index is 0.0671. The van der Waals surface area contributed by atoms with Crippen LogP contribution in [0.3, 0.4) is 0 Å². The lowest BCUT2D eigenvalue weighted by Gasteiger charge is -2.36. The second-order valence-corrected chi connectivity index (χ2v) is 7.63. The number of amides is 1. The van der Waals surface area contributed by atoms with Crippen molar-refractivity contribution >= 4 is 15.9 Å². The average Bonchev–Trinajstić information content (AvgIpc) is 2.47. The zero-order valence-corrected chi connectivity index (χ0v) is 13.0. The first-order valence-electron chi connectivity index (χ1n) is 7.54. The summed E-state index contributed by atoms with van der Waals surface area (Å²) in [6, 6.07) is -0.0671. The van der Waals surface area contributed by atoms with Crippen molar-refractivity contribution in [2.24, 2.45) is 0 Å². The monoisotopic (exact) mass is 303 g/mol. The third kappa shape index (κ3) is 3.71. The maximum atomic E-state index is 12.3. The number of hydrogen-bond acceptors (Lipinski definition) is 4. The normalized spacial score (nSPS) is 25.6. The molecule has 0 aromatic carbocycles. The molecule has 6 nitrogen and oxygen atoms in total. The Labute approximate surface area is 121 Å². The SMILES string of the molecule is CCCS(=O)(=O)N1CCN(C(=O)[C@@H]2CCCCN2)CC1. The van der Waals surface area contributed by atoms with Crippen molar-refractivity contribution in [2.75, 3.05) is 38.5 Å². The molecule has 20 heavy (non-hydrogen) atoms. The Hall–Kier alpha value is -0.660. The van der Waals surface area contributed by atoms with Gasteiger partial charge in [0, 0.05) is 26.2 Å². The summed E-state index contributed by atoms with van der Waals surface area (Å²) in [5.41, 5.74) is 0. The fourth-order valence-corrected chi connectivity index (χ4v) is 4.35. The van der Waals surface area contributed by atoms with Crippen LogP contribution in [0.2, 0.25) is 0 Å². The first-order chi connectivity index (χ1) is 9.54. The van der Waals surface area contributed by atoms with Gasteiger partial charge in [-0.15, -0.1) is 0 Å². The first-order valence-corrected chi connectivity index (χ1v) is 9.15. The predicted molar refractivity (Wildman–Crippen MR) is 77.9 cm³/mol. The summed E-state index contributed by atoms with van der Waals surface area (Å²) >= 11 is 0. The fourth-order valence-electron chi connectivity index (χ4n) is 2.86. The number of carbonyl (C=O) groups is 1. The maximum Gasteiger partial charge on any atom is 0.239 e. The molecule has 0 aromatic heterocycles. The van der Waals surface area contributed by atoms with Crippen LogP contribution in [0.15, 0.2) is 0 Å². The fraction of sp³-hybridized carbons (Fsp3) is 0.923. The number of rotatable bonds is 4. The molecule has 2 aliphatic rings. The number of piperidine rings is 1. The lowest BCUT2D eigenvalue weighted by Crippen LogP contribution is -2.56. The Morgan fingerprint density at radius 1 is 1.20 bits per heavy atom. The minimum atomic E-state index is -3.13. The molecule has 1 amide bonds. The number of carbonyl (C=O) groups excluding carboxylic acids is 1. The number of hydrogen-bond donors (Lipinski definition) is 1. The van der Waals surface area contributed by atoms with E-state index >= 15 is 0 Å². The van der Waals surface area contributed by atoms with E-state index in [4.69, 9.17) is 0 Å². The van der Waals surface area contributed by atoms with Crippen LogP contribution in [0, 0.1) is 0 Å². The van der Waals surface area contributed by atoms with E-state index in [1.54, 1.807) is 4.90 Å². The van der Waals surface area contributed by atoms with E-state index in [-0.39, 0.29) is 17.7 Å². The Morgan fingerprint density at radius 3 is 2.45 bits per heavy atom. The Balaban J connectivity index is 1.86. The molecular formula is C13H25N3O3S. The second kappa shape index (κ2) is 6.87. The van der Waals surface area contributed by atoms with Gasteiger partial charge in [0.15, 0.2) is 0 Å². The molecule has 0 radical (unpaired) electrons. The molecule has 0 unspecified atom stereocenters. The van der Waals surface area contributed by atoms with Crippen molar-refractivity contribution in [3.8, 4) is 0 Å². The van der Waals surface area contributed by atoms with Gasteiger partial charge in [-0.3, -0.25) is 4.79 Å². The van der Waals surface area contributed by atoms with Gasteiger partial charge in [-0.2, -0.15) is 4.31 Å². The first kappa shape index (κ1) is 15.7. The quantitative estimate of drug-likeness (QED) is 0.794. The van der Waals surface area contributed by atoms with Crippen molar-refractivity contribution in [3.05, 3.63) is 0 Å². The molecular weight excluding hydrogens is 278 g/mol. The zero-order valence-electron chi connectivity index (χ0n) is 12.2. The molecule has 0 aliphatic carbocycles. The molecule has 1 atom stereocenters. The van der Waals surface area contributed by atoms with Gasteiger partial charge in [-0.05, 0) is 25.8 Å². The van der Waals surface area contributed by atoms with Crippen LogP contribution < -0.4 is 5.32 Å². The topological polar surface area (TPSA) is 69.7 Å². The number of nitrogens with zero attached hydrogens (tertiary/aromatic N) is 2. The third-order valence-corrected chi connectivity index (χ3v) is 6.09. The van der Waals surface area contributed by atoms with E-state index < -0.39 is 10.0 Å². The molecule has 2 saturated heterocycles. The summed E-state index contributed by atoms with van der Waals surface area (Å²) in [5.74, 6) is 0.336. The van der Waals surface area contributed by atoms with E-state index in [2.05, 4.69) is 5.32 Å². The van der Waals surface area contributed by atoms with Crippen LogP contribution in [-0.4, -0.2) is 68.0 Å². The van der Waals surface area contributed by atoms with Gasteiger partial charge in [0.05, 0.1) is 11.8 Å². The average molecular weight is 303 g/mol. The highest BCUT2D eigenvalue weighted by Gasteiger charge is 2.31. The molecule has 2 rings (SSSR count). The standard InChI is InChI=1S/C13H25N3O3S/c1-2-11-20(18,19)16-9-7-15(8-10-16)13(17)12-5-3-4-6-14-12/h12,14H,2-11H2,1H3/t12-/m0/s1. The zero-order chi connectivity index (χ0) is 14.6. The molecule has 1 N–H and O–H groups in total. The van der Waals surface area contributed by atoms with Crippen LogP contribution in [0.1, 0.15) is 32.6 Å².